The lowest BCUT2D eigenvalue weighted by molar-refractivity contribution is -0.119. The third-order valence-electron chi connectivity index (χ3n) is 2.41. The summed E-state index contributed by atoms with van der Waals surface area (Å²) in [6.45, 7) is 1.88. The van der Waals surface area contributed by atoms with Crippen molar-refractivity contribution in [2.75, 3.05) is 20.1 Å². The van der Waals surface area contributed by atoms with Crippen LogP contribution in [0.3, 0.4) is 0 Å². The maximum atomic E-state index is 11.2. The molecular formula is C12H16ClNO3. The first-order chi connectivity index (χ1) is 8.12. The molecule has 0 bridgehead atoms. The first-order valence-electron chi connectivity index (χ1n) is 5.19. The first kappa shape index (κ1) is 13.6. The highest BCUT2D eigenvalue weighted by molar-refractivity contribution is 6.27. The van der Waals surface area contributed by atoms with Crippen LogP contribution in [0.15, 0.2) is 18.2 Å². The van der Waals surface area contributed by atoms with Gasteiger partial charge in [0.2, 0.25) is 5.91 Å². The zero-order valence-corrected chi connectivity index (χ0v) is 10.9. The van der Waals surface area contributed by atoms with Gasteiger partial charge in [0, 0.05) is 0 Å². The summed E-state index contributed by atoms with van der Waals surface area (Å²) in [7, 11) is 3.15. The average molecular weight is 258 g/mol. The number of benzene rings is 1. The van der Waals surface area contributed by atoms with Gasteiger partial charge in [-0.2, -0.15) is 0 Å². The lowest BCUT2D eigenvalue weighted by Gasteiger charge is -2.15. The van der Waals surface area contributed by atoms with Gasteiger partial charge >= 0.3 is 0 Å². The van der Waals surface area contributed by atoms with Crippen molar-refractivity contribution in [2.24, 2.45) is 0 Å². The van der Waals surface area contributed by atoms with Gasteiger partial charge in [-0.15, -0.1) is 11.6 Å². The summed E-state index contributed by atoms with van der Waals surface area (Å²) < 4.78 is 10.3. The van der Waals surface area contributed by atoms with E-state index in [1.165, 1.54) is 0 Å². The van der Waals surface area contributed by atoms with Crippen LogP contribution in [0.2, 0.25) is 0 Å². The molecule has 4 nitrogen and oxygen atoms in total. The summed E-state index contributed by atoms with van der Waals surface area (Å²) in [6, 6.07) is 5.39. The molecule has 0 heterocycles. The molecule has 0 aliphatic rings. The summed E-state index contributed by atoms with van der Waals surface area (Å²) in [5.74, 6) is 1.05. The predicted octanol–water partition coefficient (Wildman–Crippen LogP) is 2.12. The standard InChI is InChI=1S/C12H16ClNO3/c1-8(14-12(15)7-13)9-4-5-10(16-2)11(6-9)17-3/h4-6,8H,7H2,1-3H3,(H,14,15). The molecule has 5 heteroatoms. The molecule has 1 aromatic rings. The number of nitrogens with one attached hydrogen (secondary N) is 1. The van der Waals surface area contributed by atoms with Crippen LogP contribution in [0, 0.1) is 0 Å². The molecule has 1 atom stereocenters. The number of hydrogen-bond acceptors (Lipinski definition) is 3. The van der Waals surface area contributed by atoms with Crippen LogP contribution in [0.4, 0.5) is 0 Å². The third kappa shape index (κ3) is 3.53. The fraction of sp³-hybridized carbons (Fsp3) is 0.417. The number of methoxy groups -OCH3 is 2. The highest BCUT2D eigenvalue weighted by atomic mass is 35.5. The van der Waals surface area contributed by atoms with Gasteiger partial charge in [-0.25, -0.2) is 0 Å². The SMILES string of the molecule is COc1ccc(C(C)NC(=O)CCl)cc1OC. The molecule has 17 heavy (non-hydrogen) atoms. The van der Waals surface area contributed by atoms with Crippen LogP contribution in [0.5, 0.6) is 11.5 Å². The minimum atomic E-state index is -0.200. The topological polar surface area (TPSA) is 47.6 Å². The van der Waals surface area contributed by atoms with E-state index >= 15 is 0 Å². The zero-order chi connectivity index (χ0) is 12.8. The second kappa shape index (κ2) is 6.35. The summed E-state index contributed by atoms with van der Waals surface area (Å²) in [6.07, 6.45) is 0. The minimum absolute atomic E-state index is 0.0440. The van der Waals surface area contributed by atoms with Crippen LogP contribution in [0.1, 0.15) is 18.5 Å². The van der Waals surface area contributed by atoms with Gasteiger partial charge in [0.15, 0.2) is 11.5 Å². The number of amides is 1. The molecule has 1 rings (SSSR count). The van der Waals surface area contributed by atoms with Crippen LogP contribution < -0.4 is 14.8 Å². The lowest BCUT2D eigenvalue weighted by atomic mass is 10.1. The molecule has 94 valence electrons. The van der Waals surface area contributed by atoms with Crippen molar-refractivity contribution in [3.05, 3.63) is 23.8 Å². The van der Waals surface area contributed by atoms with Crippen molar-refractivity contribution in [3.8, 4) is 11.5 Å². The minimum Gasteiger partial charge on any atom is -0.493 e. The van der Waals surface area contributed by atoms with Crippen LogP contribution in [0.25, 0.3) is 0 Å². The normalized spacial score (nSPS) is 11.8. The summed E-state index contributed by atoms with van der Waals surface area (Å²) >= 11 is 5.43. The molecule has 0 aliphatic carbocycles. The summed E-state index contributed by atoms with van der Waals surface area (Å²) in [4.78, 5) is 11.2. The Kier molecular flexibility index (Phi) is 5.10. The van der Waals surface area contributed by atoms with Gasteiger partial charge in [0.25, 0.3) is 0 Å². The van der Waals surface area contributed by atoms with Gasteiger partial charge < -0.3 is 14.8 Å². The second-order valence-corrected chi connectivity index (χ2v) is 3.80. The zero-order valence-electron chi connectivity index (χ0n) is 10.1. The van der Waals surface area contributed by atoms with Crippen LogP contribution in [-0.4, -0.2) is 26.0 Å². The van der Waals surface area contributed by atoms with Crippen molar-refractivity contribution in [1.82, 2.24) is 5.32 Å². The molecule has 0 fully saturated rings. The largest absolute Gasteiger partial charge is 0.493 e. The summed E-state index contributed by atoms with van der Waals surface area (Å²) in [5.41, 5.74) is 0.932. The monoisotopic (exact) mass is 257 g/mol. The highest BCUT2D eigenvalue weighted by Gasteiger charge is 2.11. The van der Waals surface area contributed by atoms with E-state index in [0.717, 1.165) is 5.56 Å². The first-order valence-corrected chi connectivity index (χ1v) is 5.73. The fourth-order valence-corrected chi connectivity index (χ4v) is 1.56. The molecule has 0 radical (unpaired) electrons. The van der Waals surface area contributed by atoms with E-state index in [1.54, 1.807) is 20.3 Å². The number of ether oxygens (including phenoxy) is 2. The Morgan fingerprint density at radius 1 is 1.35 bits per heavy atom. The van der Waals surface area contributed by atoms with Crippen molar-refractivity contribution in [1.29, 1.82) is 0 Å². The Bertz CT molecular complexity index is 395. The third-order valence-corrected chi connectivity index (χ3v) is 2.65. The van der Waals surface area contributed by atoms with Crippen LogP contribution >= 0.6 is 11.6 Å². The molecule has 0 saturated carbocycles. The van der Waals surface area contributed by atoms with Crippen LogP contribution in [-0.2, 0) is 4.79 Å². The maximum Gasteiger partial charge on any atom is 0.235 e. The number of carbonyl (C=O) groups is 1. The van der Waals surface area contributed by atoms with E-state index in [-0.39, 0.29) is 17.8 Å². The Morgan fingerprint density at radius 3 is 2.53 bits per heavy atom. The van der Waals surface area contributed by atoms with Crippen molar-refractivity contribution in [2.45, 2.75) is 13.0 Å². The summed E-state index contributed by atoms with van der Waals surface area (Å²) in [5, 5.41) is 2.77. The average Bonchev–Trinajstić information content (AvgIpc) is 2.37. The smallest absolute Gasteiger partial charge is 0.235 e. The number of carbonyl (C=O) groups excluding carboxylic acids is 1. The van der Waals surface area contributed by atoms with Crippen molar-refractivity contribution < 1.29 is 14.3 Å². The number of halogens is 1. The van der Waals surface area contributed by atoms with Gasteiger partial charge in [-0.3, -0.25) is 4.79 Å². The highest BCUT2D eigenvalue weighted by Crippen LogP contribution is 2.29. The second-order valence-electron chi connectivity index (χ2n) is 3.54. The molecule has 0 spiro atoms. The van der Waals surface area contributed by atoms with E-state index < -0.39 is 0 Å². The lowest BCUT2D eigenvalue weighted by Crippen LogP contribution is -2.27. The van der Waals surface area contributed by atoms with Gasteiger partial charge in [0.05, 0.1) is 20.3 Å². The van der Waals surface area contributed by atoms with E-state index in [1.807, 2.05) is 19.1 Å². The number of rotatable bonds is 5. The van der Waals surface area contributed by atoms with E-state index in [9.17, 15) is 4.79 Å². The Labute approximate surface area is 106 Å². The Morgan fingerprint density at radius 2 is 2.00 bits per heavy atom. The number of alkyl halides is 1. The van der Waals surface area contributed by atoms with E-state index in [4.69, 9.17) is 21.1 Å². The Balaban J connectivity index is 2.87. The van der Waals surface area contributed by atoms with E-state index in [0.29, 0.717) is 11.5 Å². The molecular weight excluding hydrogens is 242 g/mol. The molecule has 1 unspecified atom stereocenters. The number of hydrogen-bond donors (Lipinski definition) is 1. The van der Waals surface area contributed by atoms with Crippen molar-refractivity contribution in [3.63, 3.8) is 0 Å². The van der Waals surface area contributed by atoms with Crippen molar-refractivity contribution >= 4 is 17.5 Å². The molecule has 1 amide bonds. The quantitative estimate of drug-likeness (QED) is 0.822. The molecule has 0 saturated heterocycles. The maximum absolute atomic E-state index is 11.2. The fourth-order valence-electron chi connectivity index (χ4n) is 1.49. The van der Waals surface area contributed by atoms with Gasteiger partial charge in [-0.05, 0) is 24.6 Å². The predicted molar refractivity (Wildman–Crippen MR) is 66.8 cm³/mol. The molecule has 1 N–H and O–H groups in total. The Hall–Kier alpha value is -1.42. The van der Waals surface area contributed by atoms with E-state index in [2.05, 4.69) is 5.32 Å². The van der Waals surface area contributed by atoms with Gasteiger partial charge in [0.1, 0.15) is 5.88 Å². The molecule has 1 aromatic carbocycles. The molecule has 0 aromatic heterocycles. The molecule has 0 aliphatic heterocycles. The van der Waals surface area contributed by atoms with Gasteiger partial charge in [-0.1, -0.05) is 6.07 Å².